The molecule has 0 N–H and O–H groups in total. The van der Waals surface area contributed by atoms with Crippen LogP contribution in [-0.4, -0.2) is 0 Å². The van der Waals surface area contributed by atoms with Crippen molar-refractivity contribution in [3.63, 3.8) is 0 Å². The summed E-state index contributed by atoms with van der Waals surface area (Å²) in [6.07, 6.45) is 3.11. The molecule has 1 fully saturated rings. The van der Waals surface area contributed by atoms with Crippen LogP contribution in [0.15, 0.2) is 36.4 Å². The van der Waals surface area contributed by atoms with Gasteiger partial charge in [-0.05, 0) is 66.5 Å². The summed E-state index contributed by atoms with van der Waals surface area (Å²) < 4.78 is 67.2. The second-order valence-electron chi connectivity index (χ2n) is 7.89. The highest BCUT2D eigenvalue weighted by Crippen LogP contribution is 2.36. The van der Waals surface area contributed by atoms with Crippen molar-refractivity contribution in [1.82, 2.24) is 0 Å². The number of rotatable bonds is 5. The number of halogens is 5. The highest BCUT2D eigenvalue weighted by molar-refractivity contribution is 5.65. The highest BCUT2D eigenvalue weighted by atomic mass is 19.4. The molecule has 0 bridgehead atoms. The molecule has 0 amide bonds. The monoisotopic (exact) mass is 396 g/mol. The van der Waals surface area contributed by atoms with E-state index < -0.39 is 23.4 Å². The van der Waals surface area contributed by atoms with E-state index in [9.17, 15) is 22.0 Å². The summed E-state index contributed by atoms with van der Waals surface area (Å²) in [7, 11) is 0. The lowest BCUT2D eigenvalue weighted by molar-refractivity contribution is -0.137. The Balaban J connectivity index is 1.73. The maximum absolute atomic E-state index is 14.6. The first-order valence-electron chi connectivity index (χ1n) is 9.93. The minimum Gasteiger partial charge on any atom is -0.206 e. The van der Waals surface area contributed by atoms with E-state index in [1.807, 2.05) is 0 Å². The van der Waals surface area contributed by atoms with Gasteiger partial charge in [0.25, 0.3) is 0 Å². The molecular weight excluding hydrogens is 371 g/mol. The summed E-state index contributed by atoms with van der Waals surface area (Å²) in [5.41, 5.74) is -0.393. The van der Waals surface area contributed by atoms with Gasteiger partial charge in [-0.15, -0.1) is 0 Å². The summed E-state index contributed by atoms with van der Waals surface area (Å²) in [5.74, 6) is -0.246. The zero-order valence-electron chi connectivity index (χ0n) is 16.0. The quantitative estimate of drug-likeness (QED) is 0.452. The maximum atomic E-state index is 14.6. The summed E-state index contributed by atoms with van der Waals surface area (Å²) in [6.45, 7) is 2.19. The van der Waals surface area contributed by atoms with E-state index in [1.54, 1.807) is 0 Å². The van der Waals surface area contributed by atoms with Crippen molar-refractivity contribution in [3.05, 3.63) is 59.2 Å². The van der Waals surface area contributed by atoms with Crippen LogP contribution in [0.5, 0.6) is 0 Å². The molecule has 3 rings (SSSR count). The minimum atomic E-state index is -4.48. The van der Waals surface area contributed by atoms with Gasteiger partial charge < -0.3 is 0 Å². The number of benzene rings is 2. The molecule has 0 aliphatic heterocycles. The van der Waals surface area contributed by atoms with E-state index in [0.717, 1.165) is 43.0 Å². The van der Waals surface area contributed by atoms with Crippen molar-refractivity contribution in [2.24, 2.45) is 11.8 Å². The van der Waals surface area contributed by atoms with Gasteiger partial charge in [0.2, 0.25) is 0 Å². The topological polar surface area (TPSA) is 0 Å². The molecule has 5 heteroatoms. The fraction of sp³-hybridized carbons (Fsp3) is 0.478. The van der Waals surface area contributed by atoms with Gasteiger partial charge in [-0.1, -0.05) is 44.7 Å². The van der Waals surface area contributed by atoms with Gasteiger partial charge in [-0.2, -0.15) is 13.2 Å². The average molecular weight is 396 g/mol. The molecule has 0 radical (unpaired) electrons. The van der Waals surface area contributed by atoms with Crippen LogP contribution in [-0.2, 0) is 12.6 Å². The molecule has 0 spiro atoms. The summed E-state index contributed by atoms with van der Waals surface area (Å²) in [4.78, 5) is 0. The smallest absolute Gasteiger partial charge is 0.206 e. The Morgan fingerprint density at radius 2 is 1.39 bits per heavy atom. The molecule has 1 saturated carbocycles. The van der Waals surface area contributed by atoms with Gasteiger partial charge in [-0.3, -0.25) is 0 Å². The first-order valence-corrected chi connectivity index (χ1v) is 9.93. The van der Waals surface area contributed by atoms with Crippen LogP contribution in [0.4, 0.5) is 22.0 Å². The predicted molar refractivity (Wildman–Crippen MR) is 101 cm³/mol. The molecule has 0 saturated heterocycles. The van der Waals surface area contributed by atoms with Crippen LogP contribution < -0.4 is 0 Å². The largest absolute Gasteiger partial charge is 0.416 e. The Hall–Kier alpha value is -1.91. The molecule has 2 aromatic carbocycles. The second kappa shape index (κ2) is 8.62. The van der Waals surface area contributed by atoms with Crippen molar-refractivity contribution in [1.29, 1.82) is 0 Å². The SMILES string of the molecule is CCCC1CCC(Cc2cc(F)c(-c3ccc(C(F)(F)F)cc3)c(F)c2)CC1. The molecule has 0 heterocycles. The third-order valence-electron chi connectivity index (χ3n) is 5.79. The Bertz CT molecular complexity index is 761. The Labute approximate surface area is 162 Å². The Morgan fingerprint density at radius 1 is 0.857 bits per heavy atom. The third-order valence-corrected chi connectivity index (χ3v) is 5.79. The zero-order chi connectivity index (χ0) is 20.3. The van der Waals surface area contributed by atoms with Gasteiger partial charge >= 0.3 is 6.18 Å². The fourth-order valence-electron chi connectivity index (χ4n) is 4.31. The lowest BCUT2D eigenvalue weighted by Gasteiger charge is -2.28. The predicted octanol–water partition coefficient (Wildman–Crippen LogP) is 7.80. The molecule has 1 aliphatic rings. The van der Waals surface area contributed by atoms with Crippen molar-refractivity contribution in [2.45, 2.75) is 58.0 Å². The van der Waals surface area contributed by atoms with Gasteiger partial charge in [0.15, 0.2) is 0 Å². The maximum Gasteiger partial charge on any atom is 0.416 e. The van der Waals surface area contributed by atoms with Gasteiger partial charge in [0.1, 0.15) is 11.6 Å². The molecule has 28 heavy (non-hydrogen) atoms. The first-order chi connectivity index (χ1) is 13.3. The summed E-state index contributed by atoms with van der Waals surface area (Å²) >= 11 is 0. The molecule has 1 aliphatic carbocycles. The van der Waals surface area contributed by atoms with Crippen LogP contribution in [0.25, 0.3) is 11.1 Å². The van der Waals surface area contributed by atoms with E-state index in [-0.39, 0.29) is 11.1 Å². The lowest BCUT2D eigenvalue weighted by Crippen LogP contribution is -2.16. The van der Waals surface area contributed by atoms with Crippen molar-refractivity contribution >= 4 is 0 Å². The standard InChI is InChI=1S/C23H25F5/c1-2-3-15-4-6-16(7-5-15)12-17-13-20(24)22(21(25)14-17)18-8-10-19(11-9-18)23(26,27)28/h8-11,13-16H,2-7,12H2,1H3. The molecule has 152 valence electrons. The van der Waals surface area contributed by atoms with E-state index in [2.05, 4.69) is 6.92 Å². The molecule has 0 unspecified atom stereocenters. The van der Waals surface area contributed by atoms with Crippen LogP contribution >= 0.6 is 0 Å². The lowest BCUT2D eigenvalue weighted by atomic mass is 9.78. The number of hydrogen-bond donors (Lipinski definition) is 0. The first kappa shape index (κ1) is 20.8. The van der Waals surface area contributed by atoms with Crippen LogP contribution in [0.3, 0.4) is 0 Å². The zero-order valence-corrected chi connectivity index (χ0v) is 16.0. The fourth-order valence-corrected chi connectivity index (χ4v) is 4.31. The summed E-state index contributed by atoms with van der Waals surface area (Å²) in [6, 6.07) is 6.56. The van der Waals surface area contributed by atoms with Gasteiger partial charge in [0.05, 0.1) is 11.1 Å². The highest BCUT2D eigenvalue weighted by Gasteiger charge is 2.30. The molecule has 0 nitrogen and oxygen atoms in total. The molecule has 0 aromatic heterocycles. The van der Waals surface area contributed by atoms with Crippen LogP contribution in [0.1, 0.15) is 56.6 Å². The second-order valence-corrected chi connectivity index (χ2v) is 7.89. The molecular formula is C23H25F5. The van der Waals surface area contributed by atoms with Gasteiger partial charge in [-0.25, -0.2) is 8.78 Å². The van der Waals surface area contributed by atoms with Crippen molar-refractivity contribution < 1.29 is 22.0 Å². The van der Waals surface area contributed by atoms with E-state index >= 15 is 0 Å². The average Bonchev–Trinajstić information content (AvgIpc) is 2.63. The summed E-state index contributed by atoms with van der Waals surface area (Å²) in [5, 5.41) is 0. The van der Waals surface area contributed by atoms with Crippen molar-refractivity contribution in [3.8, 4) is 11.1 Å². The molecule has 2 aromatic rings. The molecule has 0 atom stereocenters. The number of hydrogen-bond acceptors (Lipinski definition) is 0. The Kier molecular flexibility index (Phi) is 6.41. The minimum absolute atomic E-state index is 0.106. The van der Waals surface area contributed by atoms with E-state index in [1.165, 1.54) is 37.8 Å². The van der Waals surface area contributed by atoms with Gasteiger partial charge in [0, 0.05) is 0 Å². The Morgan fingerprint density at radius 3 is 1.89 bits per heavy atom. The van der Waals surface area contributed by atoms with Crippen LogP contribution in [0.2, 0.25) is 0 Å². The van der Waals surface area contributed by atoms with Crippen molar-refractivity contribution in [2.75, 3.05) is 0 Å². The number of alkyl halides is 3. The van der Waals surface area contributed by atoms with E-state index in [4.69, 9.17) is 0 Å². The normalized spacial score (nSPS) is 20.4. The van der Waals surface area contributed by atoms with Crippen LogP contribution in [0, 0.1) is 23.5 Å². The third kappa shape index (κ3) is 4.92. The van der Waals surface area contributed by atoms with E-state index in [0.29, 0.717) is 17.9 Å².